The molecule has 0 fully saturated rings. The van der Waals surface area contributed by atoms with Crippen molar-refractivity contribution < 1.29 is 8.87 Å². The first kappa shape index (κ1) is 8.61. The molecule has 6 heteroatoms. The Morgan fingerprint density at radius 3 is 2.71 bits per heavy atom. The molecule has 0 amide bonds. The van der Waals surface area contributed by atoms with E-state index in [4.69, 9.17) is 0 Å². The Bertz CT molecular complexity index is 615. The minimum Gasteiger partial charge on any atom is -0.271 e. The fourth-order valence-electron chi connectivity index (χ4n) is 1.22. The summed E-state index contributed by atoms with van der Waals surface area (Å²) in [7, 11) is 0. The summed E-state index contributed by atoms with van der Waals surface area (Å²) >= 11 is 0. The lowest BCUT2D eigenvalue weighted by Crippen LogP contribution is -2.27. The highest BCUT2D eigenvalue weighted by Crippen LogP contribution is 2.10. The molecule has 0 spiro atoms. The number of nitrogens with one attached hydrogen (secondary N) is 1. The summed E-state index contributed by atoms with van der Waals surface area (Å²) in [5.74, 6) is -0.866. The van der Waals surface area contributed by atoms with E-state index in [1.165, 1.54) is 6.07 Å². The van der Waals surface area contributed by atoms with Crippen LogP contribution in [0.3, 0.4) is 0 Å². The highest BCUT2D eigenvalue weighted by atomic mass is 19.2. The monoisotopic (exact) mass is 198 g/mol. The first-order valence-corrected chi connectivity index (χ1v) is 3.71. The average Bonchev–Trinajstić information content (AvgIpc) is 2.14. The molecule has 1 aromatic heterocycles. The highest BCUT2D eigenvalue weighted by Gasteiger charge is 2.10. The summed E-state index contributed by atoms with van der Waals surface area (Å²) in [5, 5.41) is -0.463. The molecule has 1 heterocycles. The van der Waals surface area contributed by atoms with Gasteiger partial charge in [0.2, 0.25) is 0 Å². The van der Waals surface area contributed by atoms with Gasteiger partial charge in [-0.3, -0.25) is 9.78 Å². The zero-order chi connectivity index (χ0) is 10.3. The van der Waals surface area contributed by atoms with Gasteiger partial charge in [-0.25, -0.2) is 9.18 Å². The molecule has 0 aliphatic heterocycles. The lowest BCUT2D eigenvalue weighted by atomic mass is 10.2. The molecular formula is C8H4F2N2O2. The Balaban J connectivity index is 3.18. The number of fused-ring (bicyclic) bond motifs is 1. The minimum absolute atomic E-state index is 0.306. The Morgan fingerprint density at radius 2 is 2.00 bits per heavy atom. The Kier molecular flexibility index (Phi) is 1.70. The van der Waals surface area contributed by atoms with Gasteiger partial charge in [0.25, 0.3) is 5.56 Å². The third kappa shape index (κ3) is 1.04. The predicted molar refractivity (Wildman–Crippen MR) is 45.3 cm³/mol. The standard InChI is InChI=1S/C8H4F2N2O2/c9-4-2-1-3-5-6(4)7(13)11-8(14)12(5)10/h1-3H,(H,11,13,14). The lowest BCUT2D eigenvalue weighted by molar-refractivity contribution is 0.361. The molecule has 0 aliphatic rings. The van der Waals surface area contributed by atoms with Crippen LogP contribution in [0.1, 0.15) is 0 Å². The molecule has 0 saturated heterocycles. The Hall–Kier alpha value is -1.98. The van der Waals surface area contributed by atoms with E-state index in [1.807, 2.05) is 0 Å². The van der Waals surface area contributed by atoms with Crippen LogP contribution in [0.5, 0.6) is 0 Å². The molecule has 0 aliphatic carbocycles. The van der Waals surface area contributed by atoms with Gasteiger partial charge in [0.15, 0.2) is 0 Å². The van der Waals surface area contributed by atoms with Crippen LogP contribution >= 0.6 is 0 Å². The van der Waals surface area contributed by atoms with Crippen LogP contribution in [0.4, 0.5) is 8.87 Å². The zero-order valence-corrected chi connectivity index (χ0v) is 6.75. The molecule has 0 atom stereocenters. The Morgan fingerprint density at radius 1 is 1.29 bits per heavy atom. The summed E-state index contributed by atoms with van der Waals surface area (Å²) in [6.07, 6.45) is 0. The number of rotatable bonds is 0. The first-order chi connectivity index (χ1) is 6.61. The fourth-order valence-corrected chi connectivity index (χ4v) is 1.22. The third-order valence-electron chi connectivity index (χ3n) is 1.83. The molecule has 0 radical (unpaired) electrons. The maximum atomic E-state index is 13.1. The van der Waals surface area contributed by atoms with Crippen molar-refractivity contribution >= 4 is 10.9 Å². The van der Waals surface area contributed by atoms with Crippen LogP contribution in [0.15, 0.2) is 27.8 Å². The van der Waals surface area contributed by atoms with Gasteiger partial charge < -0.3 is 0 Å². The average molecular weight is 198 g/mol. The maximum Gasteiger partial charge on any atom is 0.357 e. The largest absolute Gasteiger partial charge is 0.357 e. The summed E-state index contributed by atoms with van der Waals surface area (Å²) in [4.78, 5) is 23.2. The molecule has 2 rings (SSSR count). The van der Waals surface area contributed by atoms with Crippen molar-refractivity contribution in [1.82, 2.24) is 9.77 Å². The normalized spacial score (nSPS) is 10.7. The van der Waals surface area contributed by atoms with Crippen LogP contribution in [0.25, 0.3) is 10.9 Å². The van der Waals surface area contributed by atoms with Gasteiger partial charge in [-0.15, -0.1) is 4.79 Å². The molecule has 1 N–H and O–H groups in total. The molecule has 1 aromatic carbocycles. The van der Waals surface area contributed by atoms with E-state index >= 15 is 0 Å². The number of H-pyrrole nitrogens is 1. The number of aromatic nitrogens is 2. The SMILES string of the molecule is O=c1[nH]c(=O)n(F)c2cccc(F)c12. The van der Waals surface area contributed by atoms with Crippen LogP contribution in [-0.4, -0.2) is 9.77 Å². The van der Waals surface area contributed by atoms with E-state index in [1.54, 1.807) is 4.98 Å². The predicted octanol–water partition coefficient (Wildman–Crippen LogP) is 0.561. The summed E-state index contributed by atoms with van der Waals surface area (Å²) in [6, 6.07) is 3.38. The molecule has 0 unspecified atom stereocenters. The number of hydrogen-bond acceptors (Lipinski definition) is 2. The van der Waals surface area contributed by atoms with Crippen LogP contribution < -0.4 is 11.2 Å². The van der Waals surface area contributed by atoms with Crippen molar-refractivity contribution in [3.63, 3.8) is 0 Å². The van der Waals surface area contributed by atoms with E-state index in [2.05, 4.69) is 0 Å². The van der Waals surface area contributed by atoms with Gasteiger partial charge >= 0.3 is 5.69 Å². The number of halogens is 2. The second-order valence-corrected chi connectivity index (χ2v) is 2.67. The molecular weight excluding hydrogens is 194 g/mol. The van der Waals surface area contributed by atoms with Gasteiger partial charge in [-0.05, 0) is 12.1 Å². The second kappa shape index (κ2) is 2.76. The van der Waals surface area contributed by atoms with Crippen LogP contribution in [-0.2, 0) is 0 Å². The van der Waals surface area contributed by atoms with E-state index in [-0.39, 0.29) is 10.3 Å². The maximum absolute atomic E-state index is 13.1. The van der Waals surface area contributed by atoms with Crippen molar-refractivity contribution in [3.05, 3.63) is 44.9 Å². The molecule has 72 valence electrons. The Labute approximate surface area is 75.4 Å². The molecule has 0 bridgehead atoms. The number of benzene rings is 1. The summed E-state index contributed by atoms with van der Waals surface area (Å²) < 4.78 is 26.1. The van der Waals surface area contributed by atoms with Gasteiger partial charge in [-0.1, -0.05) is 10.5 Å². The van der Waals surface area contributed by atoms with Crippen molar-refractivity contribution in [2.24, 2.45) is 0 Å². The molecule has 14 heavy (non-hydrogen) atoms. The van der Waals surface area contributed by atoms with Gasteiger partial charge in [0, 0.05) is 0 Å². The lowest BCUT2D eigenvalue weighted by Gasteiger charge is -1.99. The third-order valence-corrected chi connectivity index (χ3v) is 1.83. The van der Waals surface area contributed by atoms with Crippen LogP contribution in [0, 0.1) is 5.82 Å². The second-order valence-electron chi connectivity index (χ2n) is 2.67. The smallest absolute Gasteiger partial charge is 0.271 e. The topological polar surface area (TPSA) is 54.9 Å². The molecule has 0 saturated carbocycles. The first-order valence-electron chi connectivity index (χ1n) is 3.71. The zero-order valence-electron chi connectivity index (χ0n) is 6.75. The number of aromatic amines is 1. The van der Waals surface area contributed by atoms with E-state index in [9.17, 15) is 18.5 Å². The quantitative estimate of drug-likeness (QED) is 0.672. The number of hydrogen-bond donors (Lipinski definition) is 1. The van der Waals surface area contributed by atoms with Gasteiger partial charge in [-0.2, -0.15) is 0 Å². The minimum atomic E-state index is -1.21. The van der Waals surface area contributed by atoms with Crippen molar-refractivity contribution in [2.45, 2.75) is 0 Å². The fraction of sp³-hybridized carbons (Fsp3) is 0. The van der Waals surface area contributed by atoms with Crippen LogP contribution in [0.2, 0.25) is 0 Å². The van der Waals surface area contributed by atoms with E-state index in [0.717, 1.165) is 12.1 Å². The van der Waals surface area contributed by atoms with E-state index in [0.29, 0.717) is 0 Å². The summed E-state index contributed by atoms with van der Waals surface area (Å²) in [5.41, 5.74) is -2.52. The number of nitrogens with zero attached hydrogens (tertiary/aromatic N) is 1. The van der Waals surface area contributed by atoms with Crippen molar-refractivity contribution in [1.29, 1.82) is 0 Å². The summed E-state index contributed by atoms with van der Waals surface area (Å²) in [6.45, 7) is 0. The van der Waals surface area contributed by atoms with Crippen molar-refractivity contribution in [3.8, 4) is 0 Å². The molecule has 4 nitrogen and oxygen atoms in total. The highest BCUT2D eigenvalue weighted by molar-refractivity contribution is 5.78. The van der Waals surface area contributed by atoms with E-state index < -0.39 is 22.5 Å². The van der Waals surface area contributed by atoms with Gasteiger partial charge in [0.1, 0.15) is 11.2 Å². The molecule has 2 aromatic rings. The van der Waals surface area contributed by atoms with Crippen molar-refractivity contribution in [2.75, 3.05) is 0 Å². The van der Waals surface area contributed by atoms with Gasteiger partial charge in [0.05, 0.1) is 5.52 Å².